The number of thiazole rings is 1. The minimum absolute atomic E-state index is 0.642. The lowest BCUT2D eigenvalue weighted by Crippen LogP contribution is -2.33. The maximum absolute atomic E-state index is 5.81. The van der Waals surface area contributed by atoms with E-state index in [9.17, 15) is 0 Å². The van der Waals surface area contributed by atoms with Crippen molar-refractivity contribution in [2.24, 2.45) is 11.7 Å². The second-order valence-corrected chi connectivity index (χ2v) is 6.58. The van der Waals surface area contributed by atoms with Crippen molar-refractivity contribution in [2.45, 2.75) is 52.6 Å². The molecule has 0 saturated carbocycles. The number of nitrogens with zero attached hydrogens (tertiary/aromatic N) is 2. The van der Waals surface area contributed by atoms with E-state index in [0.717, 1.165) is 25.3 Å². The van der Waals surface area contributed by atoms with Crippen LogP contribution in [0.25, 0.3) is 0 Å². The van der Waals surface area contributed by atoms with Gasteiger partial charge in [-0.3, -0.25) is 4.90 Å². The molecule has 0 bridgehead atoms. The molecule has 1 atom stereocenters. The third kappa shape index (κ3) is 3.53. The molecule has 0 radical (unpaired) electrons. The van der Waals surface area contributed by atoms with E-state index in [1.807, 2.05) is 11.3 Å². The number of aromatic nitrogens is 1. The van der Waals surface area contributed by atoms with Crippen molar-refractivity contribution in [3.63, 3.8) is 0 Å². The van der Waals surface area contributed by atoms with Gasteiger partial charge in [0.25, 0.3) is 0 Å². The van der Waals surface area contributed by atoms with E-state index in [2.05, 4.69) is 18.7 Å². The van der Waals surface area contributed by atoms with Gasteiger partial charge < -0.3 is 5.73 Å². The second kappa shape index (κ2) is 6.64. The Balaban J connectivity index is 2.00. The number of piperidine rings is 1. The Morgan fingerprint density at radius 2 is 2.33 bits per heavy atom. The van der Waals surface area contributed by atoms with E-state index in [0.29, 0.717) is 6.54 Å². The van der Waals surface area contributed by atoms with Crippen LogP contribution in [-0.4, -0.2) is 23.0 Å². The number of aryl methyl sites for hydroxylation is 1. The van der Waals surface area contributed by atoms with Crippen molar-refractivity contribution in [2.75, 3.05) is 13.1 Å². The Kier molecular flexibility index (Phi) is 5.15. The van der Waals surface area contributed by atoms with E-state index in [1.165, 1.54) is 41.5 Å². The van der Waals surface area contributed by atoms with E-state index in [4.69, 9.17) is 10.7 Å². The Morgan fingerprint density at radius 1 is 1.50 bits per heavy atom. The van der Waals surface area contributed by atoms with Gasteiger partial charge in [0.15, 0.2) is 0 Å². The molecule has 1 fully saturated rings. The molecule has 1 aliphatic heterocycles. The Bertz CT molecular complexity index is 375. The summed E-state index contributed by atoms with van der Waals surface area (Å²) < 4.78 is 0. The molecule has 1 aromatic rings. The van der Waals surface area contributed by atoms with Gasteiger partial charge in [0.1, 0.15) is 5.01 Å². The topological polar surface area (TPSA) is 42.2 Å². The summed E-state index contributed by atoms with van der Waals surface area (Å²) in [4.78, 5) is 8.62. The minimum Gasteiger partial charge on any atom is -0.326 e. The third-order valence-corrected chi connectivity index (χ3v) is 4.70. The van der Waals surface area contributed by atoms with E-state index in [1.54, 1.807) is 0 Å². The van der Waals surface area contributed by atoms with Crippen molar-refractivity contribution >= 4 is 11.3 Å². The average molecular weight is 267 g/mol. The van der Waals surface area contributed by atoms with Gasteiger partial charge in [-0.2, -0.15) is 0 Å². The van der Waals surface area contributed by atoms with Crippen LogP contribution in [0.1, 0.15) is 48.7 Å². The van der Waals surface area contributed by atoms with Gasteiger partial charge in [0.05, 0.1) is 12.2 Å². The molecule has 3 nitrogen and oxygen atoms in total. The predicted molar refractivity (Wildman–Crippen MR) is 77.7 cm³/mol. The summed E-state index contributed by atoms with van der Waals surface area (Å²) in [7, 11) is 0. The summed E-state index contributed by atoms with van der Waals surface area (Å²) in [6.45, 7) is 8.66. The summed E-state index contributed by atoms with van der Waals surface area (Å²) in [5.41, 5.74) is 7.05. The first-order chi connectivity index (χ1) is 8.72. The lowest BCUT2D eigenvalue weighted by molar-refractivity contribution is 0.176. The lowest BCUT2D eigenvalue weighted by atomic mass is 10.0. The molecule has 0 aromatic carbocycles. The van der Waals surface area contributed by atoms with Crippen molar-refractivity contribution in [3.8, 4) is 0 Å². The molecule has 1 saturated heterocycles. The van der Waals surface area contributed by atoms with Crippen molar-refractivity contribution in [3.05, 3.63) is 15.6 Å². The number of hydrogen-bond donors (Lipinski definition) is 1. The summed E-state index contributed by atoms with van der Waals surface area (Å²) >= 11 is 1.82. The highest BCUT2D eigenvalue weighted by molar-refractivity contribution is 7.11. The lowest BCUT2D eigenvalue weighted by Gasteiger charge is -2.29. The maximum Gasteiger partial charge on any atom is 0.107 e. The number of likely N-dealkylation sites (tertiary alicyclic amines) is 1. The van der Waals surface area contributed by atoms with Gasteiger partial charge in [-0.1, -0.05) is 20.3 Å². The fourth-order valence-corrected chi connectivity index (χ4v) is 3.75. The molecule has 2 heterocycles. The maximum atomic E-state index is 5.81. The highest BCUT2D eigenvalue weighted by Crippen LogP contribution is 2.23. The van der Waals surface area contributed by atoms with Gasteiger partial charge in [0.2, 0.25) is 0 Å². The fourth-order valence-electron chi connectivity index (χ4n) is 2.72. The van der Waals surface area contributed by atoms with Crippen LogP contribution in [0.4, 0.5) is 0 Å². The van der Waals surface area contributed by atoms with Gasteiger partial charge in [0, 0.05) is 18.0 Å². The molecule has 1 unspecified atom stereocenters. The highest BCUT2D eigenvalue weighted by Gasteiger charge is 2.18. The molecule has 0 amide bonds. The first-order valence-corrected chi connectivity index (χ1v) is 7.94. The van der Waals surface area contributed by atoms with Crippen molar-refractivity contribution < 1.29 is 0 Å². The molecule has 0 spiro atoms. The zero-order valence-corrected chi connectivity index (χ0v) is 12.4. The van der Waals surface area contributed by atoms with Gasteiger partial charge in [-0.05, 0) is 31.7 Å². The summed E-state index contributed by atoms with van der Waals surface area (Å²) in [6, 6.07) is 0. The normalized spacial score (nSPS) is 21.4. The zero-order valence-electron chi connectivity index (χ0n) is 11.6. The smallest absolute Gasteiger partial charge is 0.107 e. The Hall–Kier alpha value is -0.450. The molecular formula is C14H25N3S. The minimum atomic E-state index is 0.642. The van der Waals surface area contributed by atoms with Crippen LogP contribution < -0.4 is 5.73 Å². The molecule has 18 heavy (non-hydrogen) atoms. The zero-order chi connectivity index (χ0) is 13.0. The van der Waals surface area contributed by atoms with Crippen LogP contribution in [0.3, 0.4) is 0 Å². The second-order valence-electron chi connectivity index (χ2n) is 5.41. The monoisotopic (exact) mass is 267 g/mol. The Morgan fingerprint density at radius 3 is 3.00 bits per heavy atom. The van der Waals surface area contributed by atoms with E-state index >= 15 is 0 Å². The van der Waals surface area contributed by atoms with Gasteiger partial charge in [-0.15, -0.1) is 11.3 Å². The number of nitrogens with two attached hydrogens (primary N) is 1. The molecule has 1 aromatic heterocycles. The molecular weight excluding hydrogens is 242 g/mol. The standard InChI is InChI=1S/C14H25N3S/c1-3-5-12-13(8-15)18-14(16-12)10-17-7-4-6-11(2)9-17/h11H,3-10,15H2,1-2H3. The highest BCUT2D eigenvalue weighted by atomic mass is 32.1. The van der Waals surface area contributed by atoms with Crippen LogP contribution in [0, 0.1) is 5.92 Å². The first kappa shape index (κ1) is 14.0. The summed E-state index contributed by atoms with van der Waals surface area (Å²) in [5, 5.41) is 1.26. The molecule has 0 aliphatic carbocycles. The third-order valence-electron chi connectivity index (χ3n) is 3.59. The fraction of sp³-hybridized carbons (Fsp3) is 0.786. The van der Waals surface area contributed by atoms with Crippen molar-refractivity contribution in [1.82, 2.24) is 9.88 Å². The SMILES string of the molecule is CCCc1nc(CN2CCCC(C)C2)sc1CN. The number of hydrogen-bond acceptors (Lipinski definition) is 4. The summed E-state index contributed by atoms with van der Waals surface area (Å²) in [5.74, 6) is 0.836. The van der Waals surface area contributed by atoms with Crippen LogP contribution in [0.15, 0.2) is 0 Å². The van der Waals surface area contributed by atoms with Gasteiger partial charge in [-0.25, -0.2) is 4.98 Å². The van der Waals surface area contributed by atoms with Crippen molar-refractivity contribution in [1.29, 1.82) is 0 Å². The first-order valence-electron chi connectivity index (χ1n) is 7.12. The quantitative estimate of drug-likeness (QED) is 0.892. The van der Waals surface area contributed by atoms with Crippen LogP contribution in [-0.2, 0) is 19.5 Å². The number of rotatable bonds is 5. The van der Waals surface area contributed by atoms with Gasteiger partial charge >= 0.3 is 0 Å². The largest absolute Gasteiger partial charge is 0.326 e. The average Bonchev–Trinajstić information content (AvgIpc) is 2.72. The molecule has 2 rings (SSSR count). The summed E-state index contributed by atoms with van der Waals surface area (Å²) in [6.07, 6.45) is 4.93. The molecule has 102 valence electrons. The van der Waals surface area contributed by atoms with Crippen LogP contribution in [0.2, 0.25) is 0 Å². The molecule has 1 aliphatic rings. The van der Waals surface area contributed by atoms with E-state index in [-0.39, 0.29) is 0 Å². The molecule has 2 N–H and O–H groups in total. The van der Waals surface area contributed by atoms with E-state index < -0.39 is 0 Å². The van der Waals surface area contributed by atoms with Crippen LogP contribution >= 0.6 is 11.3 Å². The Labute approximate surface area is 114 Å². The predicted octanol–water partition coefficient (Wildman–Crippen LogP) is 2.79. The molecule has 4 heteroatoms. The van der Waals surface area contributed by atoms with Crippen LogP contribution in [0.5, 0.6) is 0 Å².